The minimum atomic E-state index is -0.216. The van der Waals surface area contributed by atoms with Crippen LogP contribution in [0.4, 0.5) is 11.5 Å². The summed E-state index contributed by atoms with van der Waals surface area (Å²) in [6.45, 7) is 0.579. The van der Waals surface area contributed by atoms with Crippen molar-refractivity contribution in [3.8, 4) is 5.69 Å². The molecular weight excluding hydrogens is 424 g/mol. The van der Waals surface area contributed by atoms with Crippen LogP contribution in [0.2, 0.25) is 0 Å². The number of carbonyl (C=O) groups is 1. The Bertz CT molecular complexity index is 1380. The second-order valence-corrected chi connectivity index (χ2v) is 9.01. The number of nitrogen functional groups attached to an aromatic ring is 1. The monoisotopic (exact) mass is 454 g/mol. The van der Waals surface area contributed by atoms with Crippen molar-refractivity contribution < 1.29 is 4.79 Å². The van der Waals surface area contributed by atoms with Gasteiger partial charge in [0.05, 0.1) is 11.0 Å². The third kappa shape index (κ3) is 4.09. The molecule has 1 amide bonds. The van der Waals surface area contributed by atoms with Gasteiger partial charge in [-0.1, -0.05) is 23.8 Å². The van der Waals surface area contributed by atoms with E-state index in [0.717, 1.165) is 41.7 Å². The van der Waals surface area contributed by atoms with E-state index in [0.29, 0.717) is 29.1 Å². The van der Waals surface area contributed by atoms with Crippen LogP contribution in [0, 0.1) is 0 Å². The fourth-order valence-electron chi connectivity index (χ4n) is 4.60. The molecule has 0 bridgehead atoms. The molecule has 0 saturated carbocycles. The van der Waals surface area contributed by atoms with Crippen molar-refractivity contribution in [2.75, 3.05) is 31.3 Å². The Balaban J connectivity index is 1.56. The number of amides is 1. The first kappa shape index (κ1) is 21.9. The first-order chi connectivity index (χ1) is 16.5. The van der Waals surface area contributed by atoms with Crippen molar-refractivity contribution in [3.05, 3.63) is 65.7 Å². The maximum atomic E-state index is 13.3. The Morgan fingerprint density at radius 1 is 1.06 bits per heavy atom. The second-order valence-electron chi connectivity index (χ2n) is 9.01. The Morgan fingerprint density at radius 3 is 2.47 bits per heavy atom. The van der Waals surface area contributed by atoms with Crippen molar-refractivity contribution in [1.82, 2.24) is 19.9 Å². The third-order valence-corrected chi connectivity index (χ3v) is 6.47. The maximum Gasteiger partial charge on any atom is 0.257 e. The van der Waals surface area contributed by atoms with Crippen molar-refractivity contribution in [3.63, 3.8) is 0 Å². The molecular formula is C27H30N6O. The van der Waals surface area contributed by atoms with Gasteiger partial charge in [-0.3, -0.25) is 9.36 Å². The van der Waals surface area contributed by atoms with Gasteiger partial charge in [-0.05, 0) is 68.5 Å². The minimum Gasteiger partial charge on any atom is -0.384 e. The zero-order chi connectivity index (χ0) is 23.7. The third-order valence-electron chi connectivity index (χ3n) is 6.47. The Hall–Kier alpha value is -3.87. The molecule has 2 aromatic heterocycles. The summed E-state index contributed by atoms with van der Waals surface area (Å²) in [7, 11) is 4.00. The molecule has 7 nitrogen and oxygen atoms in total. The highest BCUT2D eigenvalue weighted by atomic mass is 16.1. The summed E-state index contributed by atoms with van der Waals surface area (Å²) in [5.74, 6) is 0.129. The highest BCUT2D eigenvalue weighted by Crippen LogP contribution is 2.31. The van der Waals surface area contributed by atoms with Crippen molar-refractivity contribution in [2.45, 2.75) is 32.1 Å². The molecule has 2 heterocycles. The molecule has 1 aliphatic rings. The molecule has 0 saturated heterocycles. The zero-order valence-electron chi connectivity index (χ0n) is 19.7. The summed E-state index contributed by atoms with van der Waals surface area (Å²) in [5, 5.41) is 3.07. The number of fused-ring (bicyclic) bond motifs is 2. The highest BCUT2D eigenvalue weighted by Gasteiger charge is 2.24. The molecule has 7 heteroatoms. The van der Waals surface area contributed by atoms with Crippen LogP contribution in [-0.4, -0.2) is 41.1 Å². The van der Waals surface area contributed by atoms with Crippen molar-refractivity contribution in [1.29, 1.82) is 0 Å². The lowest BCUT2D eigenvalue weighted by Crippen LogP contribution is -2.26. The lowest BCUT2D eigenvalue weighted by atomic mass is 9.97. The molecule has 4 aromatic rings. The summed E-state index contributed by atoms with van der Waals surface area (Å²) in [6, 6.07) is 15.7. The lowest BCUT2D eigenvalue weighted by Gasteiger charge is -2.14. The number of rotatable bonds is 6. The number of nitrogens with zero attached hydrogens (tertiary/aromatic N) is 4. The number of nitrogens with two attached hydrogens (primary N) is 1. The number of hydrogen-bond donors (Lipinski definition) is 2. The average molecular weight is 455 g/mol. The van der Waals surface area contributed by atoms with E-state index in [2.05, 4.69) is 11.4 Å². The normalized spacial score (nSPS) is 13.8. The van der Waals surface area contributed by atoms with Crippen molar-refractivity contribution in [2.24, 2.45) is 0 Å². The molecule has 5 rings (SSSR count). The van der Waals surface area contributed by atoms with E-state index in [-0.39, 0.29) is 5.91 Å². The zero-order valence-corrected chi connectivity index (χ0v) is 19.7. The lowest BCUT2D eigenvalue weighted by molar-refractivity contribution is 0.0956. The van der Waals surface area contributed by atoms with Crippen LogP contribution in [0.3, 0.4) is 0 Å². The molecule has 3 N–H and O–H groups in total. The van der Waals surface area contributed by atoms with Gasteiger partial charge >= 0.3 is 0 Å². The Labute approximate surface area is 199 Å². The summed E-state index contributed by atoms with van der Waals surface area (Å²) in [4.78, 5) is 25.0. The predicted octanol–water partition coefficient (Wildman–Crippen LogP) is 4.84. The van der Waals surface area contributed by atoms with Crippen molar-refractivity contribution >= 4 is 39.6 Å². The molecule has 2 aromatic carbocycles. The van der Waals surface area contributed by atoms with E-state index < -0.39 is 0 Å². The standard InChI is InChI=1S/C27H30N6O/c1-32(2)19-12-14-20(15-13-19)33-25(28)23(27(34)29-17-16-18-8-4-3-5-9-18)24-26(33)31-22-11-7-6-10-21(22)30-24/h6-8,10-15H,3-5,9,16-17,28H2,1-2H3,(H,29,34). The molecule has 0 aliphatic heterocycles. The molecule has 0 unspecified atom stereocenters. The fraction of sp³-hybridized carbons (Fsp3) is 0.296. The summed E-state index contributed by atoms with van der Waals surface area (Å²) >= 11 is 0. The number of allylic oxidation sites excluding steroid dienone is 1. The van der Waals surface area contributed by atoms with E-state index >= 15 is 0 Å². The molecule has 174 valence electrons. The SMILES string of the molecule is CN(C)c1ccc(-n2c(N)c(C(=O)NCCC3=CCCCC3)c3nc4ccccc4nc32)cc1. The largest absolute Gasteiger partial charge is 0.384 e. The van der Waals surface area contributed by atoms with Crippen LogP contribution < -0.4 is 16.0 Å². The molecule has 0 radical (unpaired) electrons. The summed E-state index contributed by atoms with van der Waals surface area (Å²) in [5.41, 5.74) is 12.9. The first-order valence-electron chi connectivity index (χ1n) is 11.8. The number of benzene rings is 2. The van der Waals surface area contributed by atoms with E-state index in [9.17, 15) is 4.79 Å². The number of anilines is 2. The van der Waals surface area contributed by atoms with E-state index in [1.807, 2.05) is 72.1 Å². The van der Waals surface area contributed by atoms with E-state index in [1.54, 1.807) is 0 Å². The predicted molar refractivity (Wildman–Crippen MR) is 139 cm³/mol. The molecule has 1 aliphatic carbocycles. The van der Waals surface area contributed by atoms with Gasteiger partial charge in [0.15, 0.2) is 5.65 Å². The topological polar surface area (TPSA) is 89.1 Å². The van der Waals surface area contributed by atoms with Crippen LogP contribution in [0.1, 0.15) is 42.5 Å². The van der Waals surface area contributed by atoms with E-state index in [4.69, 9.17) is 15.7 Å². The second kappa shape index (κ2) is 9.17. The number of hydrogen-bond acceptors (Lipinski definition) is 5. The highest BCUT2D eigenvalue weighted by molar-refractivity contribution is 6.11. The van der Waals surface area contributed by atoms with Crippen LogP contribution in [0.5, 0.6) is 0 Å². The number of para-hydroxylation sites is 2. The number of nitrogens with one attached hydrogen (secondary N) is 1. The first-order valence-corrected chi connectivity index (χ1v) is 11.8. The van der Waals surface area contributed by atoms with Gasteiger partial charge in [-0.15, -0.1) is 0 Å². The number of carbonyl (C=O) groups excluding carboxylic acids is 1. The van der Waals surface area contributed by atoms with Crippen LogP contribution in [-0.2, 0) is 0 Å². The summed E-state index contributed by atoms with van der Waals surface area (Å²) in [6.07, 6.45) is 7.93. The van der Waals surface area contributed by atoms with Gasteiger partial charge in [0.1, 0.15) is 16.9 Å². The van der Waals surface area contributed by atoms with Gasteiger partial charge in [-0.2, -0.15) is 0 Å². The molecule has 0 spiro atoms. The Kier molecular flexibility index (Phi) is 5.92. The van der Waals surface area contributed by atoms with Gasteiger partial charge < -0.3 is 16.0 Å². The van der Waals surface area contributed by atoms with Gasteiger partial charge in [0, 0.05) is 32.0 Å². The molecule has 34 heavy (non-hydrogen) atoms. The maximum absolute atomic E-state index is 13.3. The fourth-order valence-corrected chi connectivity index (χ4v) is 4.60. The van der Waals surface area contributed by atoms with Crippen LogP contribution in [0.25, 0.3) is 27.9 Å². The quantitative estimate of drug-likeness (QED) is 0.407. The molecule has 0 fully saturated rings. The van der Waals surface area contributed by atoms with Gasteiger partial charge in [-0.25, -0.2) is 9.97 Å². The van der Waals surface area contributed by atoms with E-state index in [1.165, 1.54) is 18.4 Å². The van der Waals surface area contributed by atoms with Crippen LogP contribution >= 0.6 is 0 Å². The smallest absolute Gasteiger partial charge is 0.257 e. The number of aromatic nitrogens is 3. The minimum absolute atomic E-state index is 0.216. The van der Waals surface area contributed by atoms with Crippen LogP contribution in [0.15, 0.2) is 60.2 Å². The van der Waals surface area contributed by atoms with Gasteiger partial charge in [0.2, 0.25) is 0 Å². The Morgan fingerprint density at radius 2 is 1.79 bits per heavy atom. The average Bonchev–Trinajstić information content (AvgIpc) is 3.13. The molecule has 0 atom stereocenters. The summed E-state index contributed by atoms with van der Waals surface area (Å²) < 4.78 is 1.83. The van der Waals surface area contributed by atoms with Gasteiger partial charge in [0.25, 0.3) is 5.91 Å².